The Labute approximate surface area is 105 Å². The molecule has 0 unspecified atom stereocenters. The van der Waals surface area contributed by atoms with Crippen LogP contribution in [-0.4, -0.2) is 0 Å². The number of hydrogen-bond acceptors (Lipinski definition) is 3. The summed E-state index contributed by atoms with van der Waals surface area (Å²) in [5.41, 5.74) is 0.337. The van der Waals surface area contributed by atoms with Crippen LogP contribution in [0.25, 0.3) is 11.0 Å². The third-order valence-electron chi connectivity index (χ3n) is 2.25. The van der Waals surface area contributed by atoms with Crippen molar-refractivity contribution in [3.63, 3.8) is 0 Å². The smallest absolute Gasteiger partial charge is 0.336 e. The Balaban J connectivity index is 0.000000149. The van der Waals surface area contributed by atoms with Gasteiger partial charge in [-0.15, -0.1) is 0 Å². The summed E-state index contributed by atoms with van der Waals surface area (Å²) in [6, 6.07) is 10.6. The van der Waals surface area contributed by atoms with Gasteiger partial charge < -0.3 is 9.73 Å². The largest absolute Gasteiger partial charge is 0.423 e. The summed E-state index contributed by atoms with van der Waals surface area (Å²) >= 11 is 0. The van der Waals surface area contributed by atoms with Gasteiger partial charge in [-0.1, -0.05) is 30.4 Å². The maximum atomic E-state index is 10.7. The van der Waals surface area contributed by atoms with Crippen LogP contribution in [0.3, 0.4) is 0 Å². The number of fused-ring (bicyclic) bond motifs is 1. The highest BCUT2D eigenvalue weighted by Crippen LogP contribution is 2.08. The lowest BCUT2D eigenvalue weighted by Gasteiger charge is -1.91. The van der Waals surface area contributed by atoms with Crippen molar-refractivity contribution in [3.05, 3.63) is 83.5 Å². The minimum atomic E-state index is -0.302. The molecule has 3 nitrogen and oxygen atoms in total. The summed E-state index contributed by atoms with van der Waals surface area (Å²) in [7, 11) is 0. The summed E-state index contributed by atoms with van der Waals surface area (Å²) in [5.74, 6) is 0. The summed E-state index contributed by atoms with van der Waals surface area (Å²) in [5, 5.41) is 3.87. The number of para-hydroxylation sites is 1. The SMILES string of the molecule is C1=CC=CNC=C1.O=c1ccc2ccccc2o1. The lowest BCUT2D eigenvalue weighted by molar-refractivity contribution is 0.561. The summed E-state index contributed by atoms with van der Waals surface area (Å²) in [6.45, 7) is 0. The van der Waals surface area contributed by atoms with E-state index in [1.54, 1.807) is 12.1 Å². The zero-order chi connectivity index (χ0) is 12.6. The lowest BCUT2D eigenvalue weighted by atomic mass is 10.2. The first kappa shape index (κ1) is 11.9. The molecule has 3 rings (SSSR count). The van der Waals surface area contributed by atoms with Gasteiger partial charge in [0.1, 0.15) is 5.58 Å². The van der Waals surface area contributed by atoms with E-state index in [4.69, 9.17) is 4.42 Å². The van der Waals surface area contributed by atoms with E-state index in [-0.39, 0.29) is 5.63 Å². The molecule has 2 aromatic rings. The Morgan fingerprint density at radius 1 is 0.833 bits per heavy atom. The molecular formula is C15H13NO2. The van der Waals surface area contributed by atoms with Crippen molar-refractivity contribution in [2.24, 2.45) is 0 Å². The molecule has 0 atom stereocenters. The van der Waals surface area contributed by atoms with Crippen LogP contribution in [0.5, 0.6) is 0 Å². The molecule has 0 aliphatic carbocycles. The highest BCUT2D eigenvalue weighted by molar-refractivity contribution is 5.75. The van der Waals surface area contributed by atoms with Gasteiger partial charge >= 0.3 is 5.63 Å². The van der Waals surface area contributed by atoms with Crippen molar-refractivity contribution in [3.8, 4) is 0 Å². The molecule has 0 bridgehead atoms. The average Bonchev–Trinajstić information content (AvgIpc) is 2.71. The highest BCUT2D eigenvalue weighted by atomic mass is 16.4. The van der Waals surface area contributed by atoms with E-state index < -0.39 is 0 Å². The lowest BCUT2D eigenvalue weighted by Crippen LogP contribution is -1.93. The van der Waals surface area contributed by atoms with Gasteiger partial charge in [-0.05, 0) is 24.3 Å². The van der Waals surface area contributed by atoms with Crippen LogP contribution in [0.4, 0.5) is 0 Å². The molecule has 1 N–H and O–H groups in total. The molecule has 3 heteroatoms. The molecule has 1 aromatic heterocycles. The molecule has 0 spiro atoms. The van der Waals surface area contributed by atoms with Gasteiger partial charge in [-0.2, -0.15) is 0 Å². The highest BCUT2D eigenvalue weighted by Gasteiger charge is 1.92. The molecule has 18 heavy (non-hydrogen) atoms. The van der Waals surface area contributed by atoms with Crippen molar-refractivity contribution in [2.75, 3.05) is 0 Å². The van der Waals surface area contributed by atoms with Gasteiger partial charge in [0.05, 0.1) is 0 Å². The van der Waals surface area contributed by atoms with E-state index >= 15 is 0 Å². The predicted molar refractivity (Wildman–Crippen MR) is 73.0 cm³/mol. The summed E-state index contributed by atoms with van der Waals surface area (Å²) < 4.78 is 4.91. The molecule has 1 aromatic carbocycles. The first-order chi connectivity index (χ1) is 8.86. The molecule has 0 fully saturated rings. The number of hydrogen-bond donors (Lipinski definition) is 1. The molecule has 0 saturated heterocycles. The Hall–Kier alpha value is -2.55. The minimum Gasteiger partial charge on any atom is -0.423 e. The number of benzene rings is 1. The monoisotopic (exact) mass is 239 g/mol. The predicted octanol–water partition coefficient (Wildman–Crippen LogP) is 2.97. The van der Waals surface area contributed by atoms with Crippen molar-refractivity contribution in [1.82, 2.24) is 5.32 Å². The molecule has 1 aliphatic rings. The molecular weight excluding hydrogens is 226 g/mol. The second-order valence-electron chi connectivity index (χ2n) is 3.56. The summed E-state index contributed by atoms with van der Waals surface area (Å²) in [6.07, 6.45) is 11.6. The molecule has 0 saturated carbocycles. The van der Waals surface area contributed by atoms with Gasteiger partial charge in [-0.3, -0.25) is 0 Å². The second kappa shape index (κ2) is 6.25. The Bertz CT molecular complexity index is 637. The standard InChI is InChI=1S/C9H6O2.C6H7N/c10-9-6-5-7-3-1-2-4-8(7)11-9;1-2-4-6-7-5-3-1/h1-6H;1-7H. The molecule has 0 amide bonds. The number of rotatable bonds is 0. The normalized spacial score (nSPS) is 12.4. The quantitative estimate of drug-likeness (QED) is 0.719. The zero-order valence-corrected chi connectivity index (χ0v) is 9.74. The van der Waals surface area contributed by atoms with Crippen LogP contribution in [0, 0.1) is 0 Å². The maximum absolute atomic E-state index is 10.7. The summed E-state index contributed by atoms with van der Waals surface area (Å²) in [4.78, 5) is 10.7. The van der Waals surface area contributed by atoms with Gasteiger partial charge in [0.2, 0.25) is 0 Å². The first-order valence-corrected chi connectivity index (χ1v) is 5.59. The van der Waals surface area contributed by atoms with Gasteiger partial charge in [0.25, 0.3) is 0 Å². The van der Waals surface area contributed by atoms with Crippen LogP contribution >= 0.6 is 0 Å². The second-order valence-corrected chi connectivity index (χ2v) is 3.56. The molecule has 1 aliphatic heterocycles. The maximum Gasteiger partial charge on any atom is 0.336 e. The Kier molecular flexibility index (Phi) is 4.14. The van der Waals surface area contributed by atoms with Crippen molar-refractivity contribution >= 4 is 11.0 Å². The first-order valence-electron chi connectivity index (χ1n) is 5.59. The fourth-order valence-corrected chi connectivity index (χ4v) is 1.42. The topological polar surface area (TPSA) is 42.2 Å². The minimum absolute atomic E-state index is 0.302. The van der Waals surface area contributed by atoms with E-state index in [0.717, 1.165) is 5.39 Å². The van der Waals surface area contributed by atoms with Crippen LogP contribution in [0.2, 0.25) is 0 Å². The van der Waals surface area contributed by atoms with Crippen molar-refractivity contribution < 1.29 is 4.42 Å². The molecule has 0 radical (unpaired) electrons. The third kappa shape index (κ3) is 3.49. The Morgan fingerprint density at radius 2 is 1.56 bits per heavy atom. The van der Waals surface area contributed by atoms with E-state index in [0.29, 0.717) is 5.58 Å². The van der Waals surface area contributed by atoms with Crippen molar-refractivity contribution in [2.45, 2.75) is 0 Å². The molecule has 90 valence electrons. The molecule has 2 heterocycles. The average molecular weight is 239 g/mol. The van der Waals surface area contributed by atoms with Crippen LogP contribution in [0.15, 0.2) is 82.3 Å². The van der Waals surface area contributed by atoms with Crippen molar-refractivity contribution in [1.29, 1.82) is 0 Å². The third-order valence-corrected chi connectivity index (χ3v) is 2.25. The number of allylic oxidation sites excluding steroid dienone is 4. The van der Waals surface area contributed by atoms with Crippen LogP contribution in [-0.2, 0) is 0 Å². The Morgan fingerprint density at radius 3 is 2.33 bits per heavy atom. The zero-order valence-electron chi connectivity index (χ0n) is 9.74. The fraction of sp³-hybridized carbons (Fsp3) is 0. The van der Waals surface area contributed by atoms with Gasteiger partial charge in [0.15, 0.2) is 0 Å². The van der Waals surface area contributed by atoms with Crippen LogP contribution in [0.1, 0.15) is 0 Å². The number of nitrogens with one attached hydrogen (secondary N) is 1. The van der Waals surface area contributed by atoms with Gasteiger partial charge in [0, 0.05) is 23.9 Å². The van der Waals surface area contributed by atoms with Gasteiger partial charge in [-0.25, -0.2) is 4.79 Å². The van der Waals surface area contributed by atoms with E-state index in [9.17, 15) is 4.79 Å². The fourth-order valence-electron chi connectivity index (χ4n) is 1.42. The van der Waals surface area contributed by atoms with E-state index in [1.165, 1.54) is 6.07 Å². The van der Waals surface area contributed by atoms with Crippen LogP contribution < -0.4 is 10.9 Å². The van der Waals surface area contributed by atoms with E-state index in [2.05, 4.69) is 5.32 Å². The van der Waals surface area contributed by atoms with E-state index in [1.807, 2.05) is 54.9 Å².